The second kappa shape index (κ2) is 7.47. The molecule has 0 bridgehead atoms. The number of carbonyl (C=O) groups excluding carboxylic acids is 1. The molecule has 146 valence electrons. The van der Waals surface area contributed by atoms with E-state index >= 15 is 0 Å². The number of alkyl halides is 3. The molecule has 0 spiro atoms. The Kier molecular flexibility index (Phi) is 5.43. The lowest BCUT2D eigenvalue weighted by atomic mass is 9.96. The number of halogens is 3. The summed E-state index contributed by atoms with van der Waals surface area (Å²) in [5, 5.41) is 13.6. The highest BCUT2D eigenvalue weighted by Gasteiger charge is 2.58. The summed E-state index contributed by atoms with van der Waals surface area (Å²) < 4.78 is 45.9. The van der Waals surface area contributed by atoms with Crippen LogP contribution in [0.3, 0.4) is 0 Å². The first kappa shape index (κ1) is 19.6. The van der Waals surface area contributed by atoms with Crippen LogP contribution in [0.4, 0.5) is 13.2 Å². The third kappa shape index (κ3) is 4.24. The van der Waals surface area contributed by atoms with Crippen LogP contribution in [0.5, 0.6) is 5.75 Å². The number of carbonyl (C=O) groups is 1. The molecule has 27 heavy (non-hydrogen) atoms. The summed E-state index contributed by atoms with van der Waals surface area (Å²) in [5.41, 5.74) is -1.95. The predicted octanol–water partition coefficient (Wildman–Crippen LogP) is 2.96. The lowest BCUT2D eigenvalue weighted by molar-refractivity contribution is -0.267. The molecule has 2 N–H and O–H groups in total. The number of nitrogens with zero attached hydrogens (tertiary/aromatic N) is 1. The SMILES string of the molecule is Cc1csc([C@](O)(CC(=O)NC[C@@H]2COc3ccccc3C2)C(F)(F)F)n1. The summed E-state index contributed by atoms with van der Waals surface area (Å²) in [6.45, 7) is 2.06. The lowest BCUT2D eigenvalue weighted by Crippen LogP contribution is -2.47. The van der Waals surface area contributed by atoms with Crippen molar-refractivity contribution in [3.05, 3.63) is 45.9 Å². The number of aromatic nitrogens is 1. The van der Waals surface area contributed by atoms with Crippen molar-refractivity contribution < 1.29 is 27.8 Å². The minimum Gasteiger partial charge on any atom is -0.493 e. The Morgan fingerprint density at radius 1 is 1.41 bits per heavy atom. The minimum absolute atomic E-state index is 0.0510. The van der Waals surface area contributed by atoms with Crippen molar-refractivity contribution in [2.75, 3.05) is 13.2 Å². The zero-order valence-electron chi connectivity index (χ0n) is 14.5. The number of fused-ring (bicyclic) bond motifs is 1. The lowest BCUT2D eigenvalue weighted by Gasteiger charge is -2.29. The van der Waals surface area contributed by atoms with Crippen molar-refractivity contribution in [3.8, 4) is 5.75 Å². The Bertz CT molecular complexity index is 824. The molecule has 2 heterocycles. The standard InChI is InChI=1S/C18H19F3N2O3S/c1-11-10-27-16(23-11)17(25,18(19,20)21)7-15(24)22-8-12-6-13-4-2-3-5-14(13)26-9-12/h2-5,10,12,25H,6-9H2,1H3,(H,22,24)/t12-,17-/m1/s1. The van der Waals surface area contributed by atoms with Gasteiger partial charge in [0, 0.05) is 23.5 Å². The number of nitrogens with one attached hydrogen (secondary N) is 1. The first-order valence-corrected chi connectivity index (χ1v) is 9.26. The Morgan fingerprint density at radius 3 is 2.81 bits per heavy atom. The largest absolute Gasteiger partial charge is 0.493 e. The van der Waals surface area contributed by atoms with Crippen molar-refractivity contribution >= 4 is 17.2 Å². The van der Waals surface area contributed by atoms with Gasteiger partial charge < -0.3 is 15.2 Å². The number of amides is 1. The van der Waals surface area contributed by atoms with E-state index in [1.54, 1.807) is 0 Å². The Balaban J connectivity index is 1.62. The number of benzene rings is 1. The summed E-state index contributed by atoms with van der Waals surface area (Å²) in [5.74, 6) is -0.155. The van der Waals surface area contributed by atoms with Gasteiger partial charge in [-0.25, -0.2) is 4.98 Å². The molecule has 9 heteroatoms. The van der Waals surface area contributed by atoms with Gasteiger partial charge in [0.25, 0.3) is 0 Å². The van der Waals surface area contributed by atoms with E-state index in [4.69, 9.17) is 4.74 Å². The van der Waals surface area contributed by atoms with Crippen molar-refractivity contribution in [1.29, 1.82) is 0 Å². The smallest absolute Gasteiger partial charge is 0.424 e. The van der Waals surface area contributed by atoms with Crippen molar-refractivity contribution in [1.82, 2.24) is 10.3 Å². The molecule has 1 aliphatic rings. The molecule has 1 amide bonds. The van der Waals surface area contributed by atoms with Gasteiger partial charge in [0.2, 0.25) is 11.5 Å². The van der Waals surface area contributed by atoms with Gasteiger partial charge >= 0.3 is 6.18 Å². The molecule has 1 aliphatic heterocycles. The maximum Gasteiger partial charge on any atom is 0.424 e. The fourth-order valence-electron chi connectivity index (χ4n) is 2.92. The highest BCUT2D eigenvalue weighted by Crippen LogP contribution is 2.42. The molecule has 0 saturated heterocycles. The van der Waals surface area contributed by atoms with Crippen molar-refractivity contribution in [3.63, 3.8) is 0 Å². The average molecular weight is 400 g/mol. The van der Waals surface area contributed by atoms with E-state index in [0.29, 0.717) is 30.1 Å². The normalized spacial score (nSPS) is 18.9. The van der Waals surface area contributed by atoms with Gasteiger partial charge in [-0.2, -0.15) is 13.2 Å². The molecule has 0 fully saturated rings. The topological polar surface area (TPSA) is 71.5 Å². The zero-order valence-corrected chi connectivity index (χ0v) is 15.4. The second-order valence-corrected chi connectivity index (χ2v) is 7.48. The predicted molar refractivity (Wildman–Crippen MR) is 93.6 cm³/mol. The van der Waals surface area contributed by atoms with Crippen LogP contribution >= 0.6 is 11.3 Å². The Morgan fingerprint density at radius 2 is 2.15 bits per heavy atom. The van der Waals surface area contributed by atoms with E-state index in [0.717, 1.165) is 11.3 Å². The number of para-hydroxylation sites is 1. The van der Waals surface area contributed by atoms with Gasteiger partial charge in [0.15, 0.2) is 0 Å². The van der Waals surface area contributed by atoms with Crippen molar-refractivity contribution in [2.24, 2.45) is 5.92 Å². The molecule has 0 radical (unpaired) electrons. The third-order valence-electron chi connectivity index (χ3n) is 4.40. The first-order chi connectivity index (χ1) is 12.7. The van der Waals surface area contributed by atoms with Crippen LogP contribution in [-0.2, 0) is 16.8 Å². The summed E-state index contributed by atoms with van der Waals surface area (Å²) in [6.07, 6.45) is -5.49. The van der Waals surface area contributed by atoms with E-state index in [2.05, 4.69) is 10.3 Å². The fraction of sp³-hybridized carbons (Fsp3) is 0.444. The maximum atomic E-state index is 13.4. The number of rotatable bonds is 5. The number of aryl methyl sites for hydroxylation is 1. The van der Waals surface area contributed by atoms with Crippen LogP contribution in [-0.4, -0.2) is 35.3 Å². The molecule has 2 aromatic rings. The average Bonchev–Trinajstić information content (AvgIpc) is 3.05. The van der Waals surface area contributed by atoms with E-state index in [1.165, 1.54) is 12.3 Å². The van der Waals surface area contributed by atoms with E-state index in [1.807, 2.05) is 24.3 Å². The molecule has 5 nitrogen and oxygen atoms in total. The van der Waals surface area contributed by atoms with Gasteiger partial charge in [0.1, 0.15) is 10.8 Å². The van der Waals surface area contributed by atoms with E-state index in [9.17, 15) is 23.1 Å². The molecule has 0 unspecified atom stereocenters. The molecule has 1 aromatic heterocycles. The van der Waals surface area contributed by atoms with Gasteiger partial charge in [0.05, 0.1) is 13.0 Å². The number of thiazole rings is 1. The van der Waals surface area contributed by atoms with Gasteiger partial charge in [-0.15, -0.1) is 11.3 Å². The van der Waals surface area contributed by atoms with Crippen molar-refractivity contribution in [2.45, 2.75) is 31.5 Å². The molecular formula is C18H19F3N2O3S. The summed E-state index contributed by atoms with van der Waals surface area (Å²) in [4.78, 5) is 15.9. The third-order valence-corrected chi connectivity index (χ3v) is 5.51. The van der Waals surface area contributed by atoms with Crippen LogP contribution in [0.1, 0.15) is 22.7 Å². The van der Waals surface area contributed by atoms with E-state index < -0.39 is 29.1 Å². The van der Waals surface area contributed by atoms with Gasteiger partial charge in [-0.1, -0.05) is 18.2 Å². The maximum absolute atomic E-state index is 13.4. The van der Waals surface area contributed by atoms with E-state index in [-0.39, 0.29) is 12.5 Å². The van der Waals surface area contributed by atoms with Crippen LogP contribution < -0.4 is 10.1 Å². The molecule has 0 saturated carbocycles. The first-order valence-electron chi connectivity index (χ1n) is 8.38. The summed E-state index contributed by atoms with van der Waals surface area (Å²) in [7, 11) is 0. The van der Waals surface area contributed by atoms with Crippen LogP contribution in [0.2, 0.25) is 0 Å². The molecular weight excluding hydrogens is 381 g/mol. The number of aliphatic hydroxyl groups is 1. The Labute approximate surface area is 158 Å². The van der Waals surface area contributed by atoms with Gasteiger partial charge in [-0.3, -0.25) is 4.79 Å². The second-order valence-electron chi connectivity index (χ2n) is 6.62. The van der Waals surface area contributed by atoms with Crippen LogP contribution in [0.25, 0.3) is 0 Å². The summed E-state index contributed by atoms with van der Waals surface area (Å²) >= 11 is 0.683. The number of hydrogen-bond acceptors (Lipinski definition) is 5. The van der Waals surface area contributed by atoms with Crippen LogP contribution in [0, 0.1) is 12.8 Å². The fourth-order valence-corrected chi connectivity index (χ4v) is 3.83. The quantitative estimate of drug-likeness (QED) is 0.810. The van der Waals surface area contributed by atoms with Gasteiger partial charge in [-0.05, 0) is 25.0 Å². The Hall–Kier alpha value is -2.13. The molecule has 2 atom stereocenters. The monoisotopic (exact) mass is 400 g/mol. The number of hydrogen-bond donors (Lipinski definition) is 2. The van der Waals surface area contributed by atoms with Crippen LogP contribution in [0.15, 0.2) is 29.6 Å². The highest BCUT2D eigenvalue weighted by atomic mass is 32.1. The summed E-state index contributed by atoms with van der Waals surface area (Å²) in [6, 6.07) is 7.50. The zero-order chi connectivity index (χ0) is 19.7. The molecule has 1 aromatic carbocycles. The molecule has 0 aliphatic carbocycles. The number of ether oxygens (including phenoxy) is 1. The minimum atomic E-state index is -5.01. The highest BCUT2D eigenvalue weighted by molar-refractivity contribution is 7.09. The molecule has 3 rings (SSSR count).